The summed E-state index contributed by atoms with van der Waals surface area (Å²) >= 11 is 1.77. The number of pyridine rings is 1. The Morgan fingerprint density at radius 2 is 1.78 bits per heavy atom. The van der Waals surface area contributed by atoms with Gasteiger partial charge in [0, 0.05) is 30.1 Å². The van der Waals surface area contributed by atoms with Gasteiger partial charge in [0.25, 0.3) is 5.91 Å². The first-order valence-corrected chi connectivity index (χ1v) is 12.8. The van der Waals surface area contributed by atoms with Gasteiger partial charge in [-0.15, -0.1) is 11.8 Å². The van der Waals surface area contributed by atoms with Crippen LogP contribution in [0.5, 0.6) is 0 Å². The van der Waals surface area contributed by atoms with Crippen LogP contribution in [0.3, 0.4) is 0 Å². The maximum atomic E-state index is 12.9. The molecule has 0 unspecified atom stereocenters. The lowest BCUT2D eigenvalue weighted by atomic mass is 10.1. The second-order valence-electron chi connectivity index (χ2n) is 8.83. The first-order valence-electron chi connectivity index (χ1n) is 11.8. The number of thioether (sulfide) groups is 1. The maximum Gasteiger partial charge on any atom is 0.416 e. The van der Waals surface area contributed by atoms with E-state index in [2.05, 4.69) is 21.8 Å². The highest BCUT2D eigenvalue weighted by Gasteiger charge is 2.31. The number of halogens is 3. The largest absolute Gasteiger partial charge is 0.416 e. The molecule has 0 atom stereocenters. The van der Waals surface area contributed by atoms with Gasteiger partial charge >= 0.3 is 6.18 Å². The van der Waals surface area contributed by atoms with Gasteiger partial charge in [0.1, 0.15) is 11.3 Å². The van der Waals surface area contributed by atoms with Gasteiger partial charge in [-0.3, -0.25) is 4.79 Å². The van der Waals surface area contributed by atoms with Crippen molar-refractivity contribution in [1.82, 2.24) is 19.9 Å². The van der Waals surface area contributed by atoms with E-state index in [4.69, 9.17) is 4.98 Å². The molecule has 0 aliphatic heterocycles. The summed E-state index contributed by atoms with van der Waals surface area (Å²) in [4.78, 5) is 23.3. The molecule has 1 amide bonds. The number of imidazole rings is 1. The van der Waals surface area contributed by atoms with Crippen LogP contribution < -0.4 is 5.32 Å². The number of nitrogens with zero attached hydrogens (tertiary/aromatic N) is 3. The SMILES string of the molecule is CCSc1ccc(CNC(=O)c2cnc3c(c2)nc(Cc2ccc(C(F)(F)F)cc2)n3C2CC2)cc1. The zero-order chi connectivity index (χ0) is 25.3. The van der Waals surface area contributed by atoms with Gasteiger partial charge in [-0.05, 0) is 60.1 Å². The molecule has 1 aliphatic rings. The minimum absolute atomic E-state index is 0.235. The quantitative estimate of drug-likeness (QED) is 0.278. The van der Waals surface area contributed by atoms with Gasteiger partial charge in [-0.2, -0.15) is 13.2 Å². The zero-order valence-corrected chi connectivity index (χ0v) is 20.5. The van der Waals surface area contributed by atoms with E-state index in [0.29, 0.717) is 29.7 Å². The summed E-state index contributed by atoms with van der Waals surface area (Å²) in [6.07, 6.45) is -0.409. The van der Waals surface area contributed by atoms with Crippen LogP contribution >= 0.6 is 11.8 Å². The van der Waals surface area contributed by atoms with E-state index in [1.54, 1.807) is 24.0 Å². The van der Waals surface area contributed by atoms with Crippen LogP contribution in [-0.4, -0.2) is 26.2 Å². The number of rotatable bonds is 8. The number of alkyl halides is 3. The second kappa shape index (κ2) is 9.97. The number of amides is 1. The molecule has 36 heavy (non-hydrogen) atoms. The van der Waals surface area contributed by atoms with E-state index in [9.17, 15) is 18.0 Å². The summed E-state index contributed by atoms with van der Waals surface area (Å²) in [5.74, 6) is 1.51. The van der Waals surface area contributed by atoms with Gasteiger partial charge in [0.05, 0.1) is 11.1 Å². The molecule has 186 valence electrons. The minimum Gasteiger partial charge on any atom is -0.348 e. The molecule has 0 radical (unpaired) electrons. The van der Waals surface area contributed by atoms with Crippen LogP contribution in [0.2, 0.25) is 0 Å². The Hall–Kier alpha value is -3.33. The number of benzene rings is 2. The maximum absolute atomic E-state index is 12.9. The van der Waals surface area contributed by atoms with Crippen molar-refractivity contribution in [2.24, 2.45) is 0 Å². The summed E-state index contributed by atoms with van der Waals surface area (Å²) in [5, 5.41) is 2.93. The van der Waals surface area contributed by atoms with E-state index in [-0.39, 0.29) is 11.9 Å². The van der Waals surface area contributed by atoms with Gasteiger partial charge in [-0.25, -0.2) is 9.97 Å². The lowest BCUT2D eigenvalue weighted by molar-refractivity contribution is -0.137. The highest BCUT2D eigenvalue weighted by atomic mass is 32.2. The molecule has 5 nitrogen and oxygen atoms in total. The standard InChI is InChI=1S/C27H25F3N4OS/c1-2-36-22-11-5-18(6-12-22)15-32-26(35)19-14-23-25(31-16-19)34(21-9-10-21)24(33-23)13-17-3-7-20(8-4-17)27(28,29)30/h3-8,11-12,14,16,21H,2,9-10,13,15H2,1H3,(H,32,35). The highest BCUT2D eigenvalue weighted by Crippen LogP contribution is 2.39. The number of carbonyl (C=O) groups is 1. The van der Waals surface area contributed by atoms with Crippen LogP contribution in [0.25, 0.3) is 11.2 Å². The molecule has 2 aromatic heterocycles. The lowest BCUT2D eigenvalue weighted by Crippen LogP contribution is -2.22. The molecule has 0 saturated heterocycles. The van der Waals surface area contributed by atoms with Crippen molar-refractivity contribution in [1.29, 1.82) is 0 Å². The summed E-state index contributed by atoms with van der Waals surface area (Å²) in [7, 11) is 0. The molecular weight excluding hydrogens is 485 g/mol. The Morgan fingerprint density at radius 3 is 2.42 bits per heavy atom. The average molecular weight is 511 g/mol. The molecular formula is C27H25F3N4OS. The molecule has 2 heterocycles. The third-order valence-corrected chi connectivity index (χ3v) is 7.00. The normalized spacial score (nSPS) is 13.8. The van der Waals surface area contributed by atoms with Crippen molar-refractivity contribution in [2.75, 3.05) is 5.75 Å². The van der Waals surface area contributed by atoms with Crippen LogP contribution in [0.1, 0.15) is 58.7 Å². The molecule has 9 heteroatoms. The second-order valence-corrected chi connectivity index (χ2v) is 10.2. The van der Waals surface area contributed by atoms with Crippen molar-refractivity contribution in [2.45, 2.75) is 49.8 Å². The van der Waals surface area contributed by atoms with Crippen molar-refractivity contribution in [3.05, 3.63) is 88.9 Å². The molecule has 1 saturated carbocycles. The summed E-state index contributed by atoms with van der Waals surface area (Å²) in [6, 6.07) is 15.3. The van der Waals surface area contributed by atoms with Gasteiger partial charge in [0.15, 0.2) is 5.65 Å². The van der Waals surface area contributed by atoms with Crippen LogP contribution in [0.4, 0.5) is 13.2 Å². The van der Waals surface area contributed by atoms with Gasteiger partial charge < -0.3 is 9.88 Å². The predicted octanol–water partition coefficient (Wildman–Crippen LogP) is 6.42. The molecule has 4 aromatic rings. The van der Waals surface area contributed by atoms with E-state index < -0.39 is 11.7 Å². The number of nitrogens with one attached hydrogen (secondary N) is 1. The van der Waals surface area contributed by atoms with Crippen molar-refractivity contribution in [3.8, 4) is 0 Å². The zero-order valence-electron chi connectivity index (χ0n) is 19.7. The lowest BCUT2D eigenvalue weighted by Gasteiger charge is -2.09. The predicted molar refractivity (Wildman–Crippen MR) is 134 cm³/mol. The van der Waals surface area contributed by atoms with E-state index in [1.165, 1.54) is 17.0 Å². The average Bonchev–Trinajstić information content (AvgIpc) is 3.63. The topological polar surface area (TPSA) is 59.8 Å². The molecule has 1 N–H and O–H groups in total. The Balaban J connectivity index is 1.33. The van der Waals surface area contributed by atoms with Crippen LogP contribution in [-0.2, 0) is 19.1 Å². The van der Waals surface area contributed by atoms with E-state index in [0.717, 1.165) is 47.7 Å². The number of aromatic nitrogens is 3. The van der Waals surface area contributed by atoms with Crippen LogP contribution in [0.15, 0.2) is 65.7 Å². The fraction of sp³-hybridized carbons (Fsp3) is 0.296. The third-order valence-electron chi connectivity index (χ3n) is 6.11. The smallest absolute Gasteiger partial charge is 0.348 e. The first kappa shape index (κ1) is 24.4. The summed E-state index contributed by atoms with van der Waals surface area (Å²) < 4.78 is 40.8. The fourth-order valence-corrected chi connectivity index (χ4v) is 4.80. The Bertz CT molecular complexity index is 1380. The minimum atomic E-state index is -4.36. The Labute approximate surface area is 211 Å². The van der Waals surface area contributed by atoms with Crippen molar-refractivity contribution < 1.29 is 18.0 Å². The molecule has 1 aliphatic carbocycles. The van der Waals surface area contributed by atoms with Crippen LogP contribution in [0, 0.1) is 0 Å². The Kier molecular flexibility index (Phi) is 6.75. The summed E-state index contributed by atoms with van der Waals surface area (Å²) in [6.45, 7) is 2.51. The molecule has 2 aromatic carbocycles. The highest BCUT2D eigenvalue weighted by molar-refractivity contribution is 7.99. The van der Waals surface area contributed by atoms with Gasteiger partial charge in [-0.1, -0.05) is 31.2 Å². The molecule has 1 fully saturated rings. The van der Waals surface area contributed by atoms with Crippen molar-refractivity contribution in [3.63, 3.8) is 0 Å². The number of carbonyl (C=O) groups excluding carboxylic acids is 1. The first-order chi connectivity index (χ1) is 17.3. The van der Waals surface area contributed by atoms with E-state index >= 15 is 0 Å². The molecule has 0 bridgehead atoms. The number of hydrogen-bond acceptors (Lipinski definition) is 4. The summed E-state index contributed by atoms with van der Waals surface area (Å²) in [5.41, 5.74) is 2.80. The molecule has 5 rings (SSSR count). The fourth-order valence-electron chi connectivity index (χ4n) is 4.14. The van der Waals surface area contributed by atoms with E-state index in [1.807, 2.05) is 24.3 Å². The third kappa shape index (κ3) is 5.41. The monoisotopic (exact) mass is 510 g/mol. The number of hydrogen-bond donors (Lipinski definition) is 1. The van der Waals surface area contributed by atoms with Gasteiger partial charge in [0.2, 0.25) is 0 Å². The number of fused-ring (bicyclic) bond motifs is 1. The molecule has 0 spiro atoms. The Morgan fingerprint density at radius 1 is 1.08 bits per heavy atom. The van der Waals surface area contributed by atoms with Crippen molar-refractivity contribution >= 4 is 28.8 Å².